The minimum atomic E-state index is -1.14. The highest BCUT2D eigenvalue weighted by molar-refractivity contribution is 6.30. The zero-order valence-corrected chi connectivity index (χ0v) is 9.17. The third-order valence-corrected chi connectivity index (χ3v) is 3.13. The molecule has 86 valence electrons. The lowest BCUT2D eigenvalue weighted by atomic mass is 9.70. The van der Waals surface area contributed by atoms with Crippen molar-refractivity contribution in [1.29, 1.82) is 0 Å². The lowest BCUT2D eigenvalue weighted by Gasteiger charge is -2.44. The molecule has 2 N–H and O–H groups in total. The summed E-state index contributed by atoms with van der Waals surface area (Å²) in [4.78, 5) is 10.7. The summed E-state index contributed by atoms with van der Waals surface area (Å²) in [6, 6.07) is 6.80. The molecular formula is C11H11ClFNO2. The number of alkyl halides is 1. The Morgan fingerprint density at radius 3 is 2.44 bits per heavy atom. The van der Waals surface area contributed by atoms with Crippen LogP contribution < -0.4 is 5.32 Å². The molecular weight excluding hydrogens is 233 g/mol. The highest BCUT2D eigenvalue weighted by Gasteiger charge is 2.47. The van der Waals surface area contributed by atoms with E-state index in [9.17, 15) is 9.18 Å². The van der Waals surface area contributed by atoms with Crippen molar-refractivity contribution in [3.63, 3.8) is 0 Å². The predicted molar refractivity (Wildman–Crippen MR) is 58.4 cm³/mol. The quantitative estimate of drug-likeness (QED) is 0.839. The van der Waals surface area contributed by atoms with E-state index in [1.807, 2.05) is 0 Å². The van der Waals surface area contributed by atoms with Gasteiger partial charge in [-0.25, -0.2) is 9.18 Å². The molecule has 5 heteroatoms. The molecule has 0 saturated heterocycles. The van der Waals surface area contributed by atoms with Gasteiger partial charge in [0, 0.05) is 17.9 Å². The van der Waals surface area contributed by atoms with Crippen LogP contribution in [0, 0.1) is 0 Å². The van der Waals surface area contributed by atoms with E-state index in [0.29, 0.717) is 5.02 Å². The lowest BCUT2D eigenvalue weighted by Crippen LogP contribution is -2.55. The van der Waals surface area contributed by atoms with Gasteiger partial charge >= 0.3 is 6.09 Å². The van der Waals surface area contributed by atoms with E-state index in [-0.39, 0.29) is 12.8 Å². The molecule has 3 nitrogen and oxygen atoms in total. The van der Waals surface area contributed by atoms with E-state index in [4.69, 9.17) is 16.7 Å². The third kappa shape index (κ3) is 1.97. The molecule has 0 unspecified atom stereocenters. The Kier molecular flexibility index (Phi) is 2.76. The second kappa shape index (κ2) is 3.94. The van der Waals surface area contributed by atoms with Gasteiger partial charge in [0.15, 0.2) is 0 Å². The van der Waals surface area contributed by atoms with Crippen molar-refractivity contribution in [3.8, 4) is 0 Å². The normalized spacial score (nSPS) is 28.2. The number of amides is 1. The molecule has 1 aliphatic carbocycles. The number of benzene rings is 1. The van der Waals surface area contributed by atoms with Gasteiger partial charge < -0.3 is 10.4 Å². The van der Waals surface area contributed by atoms with Crippen LogP contribution >= 0.6 is 11.6 Å². The van der Waals surface area contributed by atoms with Gasteiger partial charge in [0.25, 0.3) is 0 Å². The first-order valence-electron chi connectivity index (χ1n) is 4.93. The smallest absolute Gasteiger partial charge is 0.405 e. The van der Waals surface area contributed by atoms with Crippen molar-refractivity contribution in [3.05, 3.63) is 34.9 Å². The molecule has 0 atom stereocenters. The van der Waals surface area contributed by atoms with Crippen molar-refractivity contribution < 1.29 is 14.3 Å². The first-order valence-corrected chi connectivity index (χ1v) is 5.31. The van der Waals surface area contributed by atoms with Crippen molar-refractivity contribution in [1.82, 2.24) is 5.32 Å². The van der Waals surface area contributed by atoms with Crippen LogP contribution in [0.25, 0.3) is 0 Å². The Balaban J connectivity index is 2.26. The summed E-state index contributed by atoms with van der Waals surface area (Å²) in [5, 5.41) is 11.7. The van der Waals surface area contributed by atoms with Crippen LogP contribution in [0.2, 0.25) is 5.02 Å². The van der Waals surface area contributed by atoms with Crippen LogP contribution in [0.4, 0.5) is 9.18 Å². The SMILES string of the molecule is O=C(O)N[C@]1(c2ccc(Cl)cc2)C[C@@H](F)C1. The molecule has 0 aromatic heterocycles. The van der Waals surface area contributed by atoms with Crippen LogP contribution in [0.5, 0.6) is 0 Å². The maximum atomic E-state index is 13.0. The fourth-order valence-corrected chi connectivity index (χ4v) is 2.21. The van der Waals surface area contributed by atoms with Gasteiger partial charge in [-0.1, -0.05) is 23.7 Å². The van der Waals surface area contributed by atoms with E-state index < -0.39 is 17.8 Å². The van der Waals surface area contributed by atoms with E-state index >= 15 is 0 Å². The highest BCUT2D eigenvalue weighted by atomic mass is 35.5. The molecule has 1 aromatic rings. The van der Waals surface area contributed by atoms with Crippen molar-refractivity contribution in [2.24, 2.45) is 0 Å². The van der Waals surface area contributed by atoms with Gasteiger partial charge in [-0.3, -0.25) is 0 Å². The number of hydrogen-bond acceptors (Lipinski definition) is 1. The first-order chi connectivity index (χ1) is 7.52. The summed E-state index contributed by atoms with van der Waals surface area (Å²) < 4.78 is 13.0. The van der Waals surface area contributed by atoms with Crippen LogP contribution in [0.3, 0.4) is 0 Å². The molecule has 0 bridgehead atoms. The number of nitrogens with one attached hydrogen (secondary N) is 1. The molecule has 0 spiro atoms. The Hall–Kier alpha value is -1.29. The molecule has 0 aliphatic heterocycles. The molecule has 16 heavy (non-hydrogen) atoms. The van der Waals surface area contributed by atoms with Gasteiger partial charge in [-0.15, -0.1) is 0 Å². The summed E-state index contributed by atoms with van der Waals surface area (Å²) in [5.41, 5.74) is -0.0243. The number of halogens is 2. The minimum Gasteiger partial charge on any atom is -0.465 e. The van der Waals surface area contributed by atoms with Gasteiger partial charge in [0.2, 0.25) is 0 Å². The Labute approximate surface area is 97.2 Å². The topological polar surface area (TPSA) is 49.3 Å². The third-order valence-electron chi connectivity index (χ3n) is 2.88. The Morgan fingerprint density at radius 2 is 2.00 bits per heavy atom. The van der Waals surface area contributed by atoms with Gasteiger partial charge in [0.05, 0.1) is 5.54 Å². The van der Waals surface area contributed by atoms with E-state index in [1.54, 1.807) is 24.3 Å². The number of carbonyl (C=O) groups is 1. The Bertz CT molecular complexity index is 401. The van der Waals surface area contributed by atoms with E-state index in [0.717, 1.165) is 5.56 Å². The minimum absolute atomic E-state index is 0.181. The highest BCUT2D eigenvalue weighted by Crippen LogP contribution is 2.43. The number of hydrogen-bond donors (Lipinski definition) is 2. The molecule has 0 radical (unpaired) electrons. The summed E-state index contributed by atoms with van der Waals surface area (Å²) in [7, 11) is 0. The second-order valence-corrected chi connectivity index (χ2v) is 4.46. The van der Waals surface area contributed by atoms with Gasteiger partial charge in [-0.05, 0) is 17.7 Å². The summed E-state index contributed by atoms with van der Waals surface area (Å²) in [6.45, 7) is 0. The standard InChI is InChI=1S/C11H11ClFNO2/c12-8-3-1-7(2-4-8)11(14-10(15)16)5-9(13)6-11/h1-4,9,14H,5-6H2,(H,15,16)/t9-,11-. The second-order valence-electron chi connectivity index (χ2n) is 4.02. The zero-order valence-electron chi connectivity index (χ0n) is 8.41. The molecule has 1 aliphatic rings. The monoisotopic (exact) mass is 243 g/mol. The van der Waals surface area contributed by atoms with E-state index in [1.165, 1.54) is 0 Å². The summed E-state index contributed by atoms with van der Waals surface area (Å²) in [6.07, 6.45) is -1.72. The molecule has 0 heterocycles. The fourth-order valence-electron chi connectivity index (χ4n) is 2.08. The average Bonchev–Trinajstić information content (AvgIpc) is 2.15. The average molecular weight is 244 g/mol. The van der Waals surface area contributed by atoms with Crippen LogP contribution in [-0.4, -0.2) is 17.4 Å². The van der Waals surface area contributed by atoms with Crippen molar-refractivity contribution >= 4 is 17.7 Å². The lowest BCUT2D eigenvalue weighted by molar-refractivity contribution is 0.0640. The molecule has 1 fully saturated rings. The number of carboxylic acid groups (broad SMARTS) is 1. The summed E-state index contributed by atoms with van der Waals surface area (Å²) >= 11 is 5.75. The molecule has 1 aromatic carbocycles. The van der Waals surface area contributed by atoms with Gasteiger partial charge in [-0.2, -0.15) is 0 Å². The molecule has 2 rings (SSSR count). The fraction of sp³-hybridized carbons (Fsp3) is 0.364. The maximum Gasteiger partial charge on any atom is 0.405 e. The maximum absolute atomic E-state index is 13.0. The van der Waals surface area contributed by atoms with Crippen LogP contribution in [-0.2, 0) is 5.54 Å². The van der Waals surface area contributed by atoms with Crippen molar-refractivity contribution in [2.75, 3.05) is 0 Å². The van der Waals surface area contributed by atoms with Crippen LogP contribution in [0.1, 0.15) is 18.4 Å². The van der Waals surface area contributed by atoms with E-state index in [2.05, 4.69) is 5.32 Å². The molecule has 1 amide bonds. The van der Waals surface area contributed by atoms with Gasteiger partial charge in [0.1, 0.15) is 6.17 Å². The van der Waals surface area contributed by atoms with Crippen LogP contribution in [0.15, 0.2) is 24.3 Å². The number of rotatable bonds is 2. The zero-order chi connectivity index (χ0) is 11.8. The largest absolute Gasteiger partial charge is 0.465 e. The first kappa shape index (κ1) is 11.2. The molecule has 1 saturated carbocycles. The van der Waals surface area contributed by atoms with Crippen molar-refractivity contribution in [2.45, 2.75) is 24.6 Å². The predicted octanol–water partition coefficient (Wildman–Crippen LogP) is 2.93. The summed E-state index contributed by atoms with van der Waals surface area (Å²) in [5.74, 6) is 0. The Morgan fingerprint density at radius 1 is 1.44 bits per heavy atom.